The van der Waals surface area contributed by atoms with Gasteiger partial charge in [-0.15, -0.1) is 0 Å². The Morgan fingerprint density at radius 1 is 1.07 bits per heavy atom. The van der Waals surface area contributed by atoms with Crippen LogP contribution in [0.4, 0.5) is 0 Å². The number of carbonyl (C=O) groups is 1. The van der Waals surface area contributed by atoms with E-state index in [1.54, 1.807) is 6.20 Å². The number of nitrogens with one attached hydrogen (secondary N) is 1. The highest BCUT2D eigenvalue weighted by Crippen LogP contribution is 2.22. The lowest BCUT2D eigenvalue weighted by Gasteiger charge is -2.06. The number of amides is 1. The minimum Gasteiger partial charge on any atom is -0.352 e. The molecule has 2 aromatic heterocycles. The lowest BCUT2D eigenvalue weighted by Crippen LogP contribution is -2.26. The maximum Gasteiger partial charge on any atom is 0.253 e. The molecule has 2 heterocycles. The molecule has 0 spiro atoms. The smallest absolute Gasteiger partial charge is 0.253 e. The van der Waals surface area contributed by atoms with E-state index in [2.05, 4.69) is 52.2 Å². The molecule has 0 saturated carbocycles. The zero-order valence-corrected chi connectivity index (χ0v) is 16.2. The van der Waals surface area contributed by atoms with Gasteiger partial charge in [0.25, 0.3) is 5.91 Å². The van der Waals surface area contributed by atoms with Crippen molar-refractivity contribution in [2.24, 2.45) is 7.05 Å². The van der Waals surface area contributed by atoms with Crippen LogP contribution < -0.4 is 5.32 Å². The molecule has 0 bridgehead atoms. The summed E-state index contributed by atoms with van der Waals surface area (Å²) in [6.45, 7) is 3.40. The van der Waals surface area contributed by atoms with Crippen LogP contribution >= 0.6 is 0 Å². The van der Waals surface area contributed by atoms with Crippen molar-refractivity contribution in [1.82, 2.24) is 19.7 Å². The molecule has 4 aromatic rings. The highest BCUT2D eigenvalue weighted by molar-refractivity contribution is 6.07. The van der Waals surface area contributed by atoms with Gasteiger partial charge in [-0.05, 0) is 24.6 Å². The second-order valence-corrected chi connectivity index (χ2v) is 7.13. The minimum absolute atomic E-state index is 0.0407. The summed E-state index contributed by atoms with van der Waals surface area (Å²) in [5, 5.41) is 8.19. The number of aromatic nitrogens is 3. The van der Waals surface area contributed by atoms with Crippen LogP contribution in [-0.2, 0) is 20.0 Å². The molecule has 142 valence electrons. The van der Waals surface area contributed by atoms with E-state index in [1.165, 1.54) is 11.1 Å². The molecule has 0 fully saturated rings. The summed E-state index contributed by atoms with van der Waals surface area (Å²) in [7, 11) is 1.91. The summed E-state index contributed by atoms with van der Waals surface area (Å²) in [4.78, 5) is 12.8. The standard InChI is InChI=1S/C23H24N4O/c1-17-7-9-18(10-8-17)15-27-16-21(20-5-3-4-6-22(20)27)23(28)24-13-11-19-12-14-25-26(19)2/h3-10,12,14,16H,11,13,15H2,1-2H3,(H,24,28). The highest BCUT2D eigenvalue weighted by atomic mass is 16.1. The Kier molecular flexibility index (Phi) is 4.98. The molecule has 4 rings (SSSR count). The average molecular weight is 372 g/mol. The predicted octanol–water partition coefficient (Wildman–Crippen LogP) is 3.70. The molecule has 28 heavy (non-hydrogen) atoms. The number of hydrogen-bond acceptors (Lipinski definition) is 2. The summed E-state index contributed by atoms with van der Waals surface area (Å²) in [6.07, 6.45) is 4.49. The second kappa shape index (κ2) is 7.72. The van der Waals surface area contributed by atoms with Crippen LogP contribution in [0.15, 0.2) is 67.0 Å². The van der Waals surface area contributed by atoms with E-state index in [4.69, 9.17) is 0 Å². The summed E-state index contributed by atoms with van der Waals surface area (Å²) < 4.78 is 3.98. The van der Waals surface area contributed by atoms with Gasteiger partial charge in [-0.3, -0.25) is 9.48 Å². The highest BCUT2D eigenvalue weighted by Gasteiger charge is 2.15. The van der Waals surface area contributed by atoms with Gasteiger partial charge in [-0.1, -0.05) is 48.0 Å². The number of aryl methyl sites for hydroxylation is 2. The van der Waals surface area contributed by atoms with Crippen molar-refractivity contribution in [1.29, 1.82) is 0 Å². The zero-order valence-electron chi connectivity index (χ0n) is 16.2. The third-order valence-electron chi connectivity index (χ3n) is 5.10. The van der Waals surface area contributed by atoms with Gasteiger partial charge < -0.3 is 9.88 Å². The van der Waals surface area contributed by atoms with Gasteiger partial charge in [0.15, 0.2) is 0 Å². The Morgan fingerprint density at radius 2 is 1.86 bits per heavy atom. The Bertz CT molecular complexity index is 1110. The molecule has 2 aromatic carbocycles. The van der Waals surface area contributed by atoms with Crippen LogP contribution in [0, 0.1) is 6.92 Å². The normalized spacial score (nSPS) is 11.1. The summed E-state index contributed by atoms with van der Waals surface area (Å²) in [6, 6.07) is 18.5. The number of nitrogens with zero attached hydrogens (tertiary/aromatic N) is 3. The average Bonchev–Trinajstić information content (AvgIpc) is 3.28. The van der Waals surface area contributed by atoms with Gasteiger partial charge in [0.05, 0.1) is 5.56 Å². The topological polar surface area (TPSA) is 51.9 Å². The second-order valence-electron chi connectivity index (χ2n) is 7.13. The molecular weight excluding hydrogens is 348 g/mol. The number of rotatable bonds is 6. The fourth-order valence-electron chi connectivity index (χ4n) is 3.49. The van der Waals surface area contributed by atoms with E-state index in [0.29, 0.717) is 12.1 Å². The third kappa shape index (κ3) is 3.69. The molecule has 0 saturated heterocycles. The molecule has 5 heteroatoms. The largest absolute Gasteiger partial charge is 0.352 e. The van der Waals surface area contributed by atoms with E-state index >= 15 is 0 Å². The van der Waals surface area contributed by atoms with Gasteiger partial charge in [-0.2, -0.15) is 5.10 Å². The Morgan fingerprint density at radius 3 is 2.61 bits per heavy atom. The first-order valence-electron chi connectivity index (χ1n) is 9.50. The lowest BCUT2D eigenvalue weighted by molar-refractivity contribution is 0.0955. The fourth-order valence-corrected chi connectivity index (χ4v) is 3.49. The fraction of sp³-hybridized carbons (Fsp3) is 0.217. The molecule has 0 radical (unpaired) electrons. The maximum absolute atomic E-state index is 12.8. The van der Waals surface area contributed by atoms with Crippen LogP contribution in [0.3, 0.4) is 0 Å². The van der Waals surface area contributed by atoms with E-state index in [-0.39, 0.29) is 5.91 Å². The number of fused-ring (bicyclic) bond motifs is 1. The Balaban J connectivity index is 1.54. The lowest BCUT2D eigenvalue weighted by atomic mass is 10.1. The summed E-state index contributed by atoms with van der Waals surface area (Å²) in [5.41, 5.74) is 5.35. The van der Waals surface area contributed by atoms with Gasteiger partial charge >= 0.3 is 0 Å². The van der Waals surface area contributed by atoms with Gasteiger partial charge in [0.1, 0.15) is 0 Å². The van der Waals surface area contributed by atoms with Crippen molar-refractivity contribution in [3.05, 3.63) is 89.4 Å². The molecule has 0 unspecified atom stereocenters. The quantitative estimate of drug-likeness (QED) is 0.561. The molecular formula is C23H24N4O. The summed E-state index contributed by atoms with van der Waals surface area (Å²) >= 11 is 0. The first kappa shape index (κ1) is 18.0. The van der Waals surface area contributed by atoms with Gasteiger partial charge in [0, 0.05) is 55.5 Å². The maximum atomic E-state index is 12.8. The van der Waals surface area contributed by atoms with Crippen molar-refractivity contribution < 1.29 is 4.79 Å². The van der Waals surface area contributed by atoms with Gasteiger partial charge in [-0.25, -0.2) is 0 Å². The molecule has 1 amide bonds. The molecule has 0 atom stereocenters. The van der Waals surface area contributed by atoms with Crippen molar-refractivity contribution in [2.45, 2.75) is 19.9 Å². The minimum atomic E-state index is -0.0407. The number of para-hydroxylation sites is 1. The van der Waals surface area contributed by atoms with Crippen molar-refractivity contribution in [3.63, 3.8) is 0 Å². The zero-order chi connectivity index (χ0) is 19.5. The molecule has 0 aliphatic carbocycles. The van der Waals surface area contributed by atoms with E-state index < -0.39 is 0 Å². The van der Waals surface area contributed by atoms with Crippen LogP contribution in [0.5, 0.6) is 0 Å². The molecule has 1 N–H and O–H groups in total. The van der Waals surface area contributed by atoms with Crippen LogP contribution in [0.1, 0.15) is 27.2 Å². The Hall–Kier alpha value is -3.34. The first-order valence-corrected chi connectivity index (χ1v) is 9.50. The molecule has 0 aliphatic rings. The molecule has 0 aliphatic heterocycles. The van der Waals surface area contributed by atoms with Crippen LogP contribution in [0.2, 0.25) is 0 Å². The van der Waals surface area contributed by atoms with Gasteiger partial charge in [0.2, 0.25) is 0 Å². The third-order valence-corrected chi connectivity index (χ3v) is 5.10. The van der Waals surface area contributed by atoms with Crippen LogP contribution in [0.25, 0.3) is 10.9 Å². The van der Waals surface area contributed by atoms with Crippen molar-refractivity contribution in [2.75, 3.05) is 6.54 Å². The van der Waals surface area contributed by atoms with E-state index in [1.807, 2.05) is 42.2 Å². The van der Waals surface area contributed by atoms with Crippen LogP contribution in [-0.4, -0.2) is 26.8 Å². The molecule has 5 nitrogen and oxygen atoms in total. The number of hydrogen-bond donors (Lipinski definition) is 1. The van der Waals surface area contributed by atoms with Crippen molar-refractivity contribution in [3.8, 4) is 0 Å². The summed E-state index contributed by atoms with van der Waals surface area (Å²) in [5.74, 6) is -0.0407. The Labute approximate surface area is 164 Å². The predicted molar refractivity (Wildman–Crippen MR) is 111 cm³/mol. The van der Waals surface area contributed by atoms with Crippen molar-refractivity contribution >= 4 is 16.8 Å². The SMILES string of the molecule is Cc1ccc(Cn2cc(C(=O)NCCc3ccnn3C)c3ccccc32)cc1. The van der Waals surface area contributed by atoms with E-state index in [9.17, 15) is 4.79 Å². The number of benzene rings is 2. The monoisotopic (exact) mass is 372 g/mol. The first-order chi connectivity index (χ1) is 13.6. The number of carbonyl (C=O) groups excluding carboxylic acids is 1. The van der Waals surface area contributed by atoms with E-state index in [0.717, 1.165) is 29.6 Å².